The van der Waals surface area contributed by atoms with Crippen LogP contribution in [0.1, 0.15) is 271 Å². The molecular formula is C52H99O8P. The number of ether oxygens (including phenoxy) is 2. The van der Waals surface area contributed by atoms with Gasteiger partial charge < -0.3 is 14.4 Å². The lowest BCUT2D eigenvalue weighted by Gasteiger charge is -2.19. The van der Waals surface area contributed by atoms with E-state index in [2.05, 4.69) is 42.7 Å². The van der Waals surface area contributed by atoms with Crippen LogP contribution in [-0.2, 0) is 32.7 Å². The Kier molecular flexibility index (Phi) is 46.8. The summed E-state index contributed by atoms with van der Waals surface area (Å²) in [4.78, 5) is 34.7. The fourth-order valence-corrected chi connectivity index (χ4v) is 8.11. The maximum absolute atomic E-state index is 12.6. The van der Waals surface area contributed by atoms with Gasteiger partial charge in [-0.2, -0.15) is 0 Å². The molecule has 8 nitrogen and oxygen atoms in total. The van der Waals surface area contributed by atoms with Crippen LogP contribution in [0.25, 0.3) is 0 Å². The zero-order valence-corrected chi connectivity index (χ0v) is 41.2. The number of carbonyl (C=O) groups is 2. The standard InChI is InChI=1S/C52H99O8P/c1-4-6-8-10-12-14-16-18-20-22-24-25-26-27-29-31-33-35-37-39-41-43-45-47-52(54)60-50(49-59-61(55,56)57-3)48-58-51(53)46-44-42-40-38-36-34-32-30-28-23-21-19-17-15-13-11-9-7-5-2/h19,21-22,24,50H,4-18,20,23,25-49H2,1-3H3,(H,55,56)/b21-19-,24-22-. The molecule has 1 N–H and O–H groups in total. The second-order valence-corrected chi connectivity index (χ2v) is 19.2. The lowest BCUT2D eigenvalue weighted by atomic mass is 10.0. The minimum absolute atomic E-state index is 0.223. The third-order valence-electron chi connectivity index (χ3n) is 11.7. The van der Waals surface area contributed by atoms with Crippen molar-refractivity contribution >= 4 is 19.8 Å². The summed E-state index contributed by atoms with van der Waals surface area (Å²) < 4.78 is 32.2. The Bertz CT molecular complexity index is 1050. The number of allylic oxidation sites excluding steroid dienone is 4. The minimum Gasteiger partial charge on any atom is -0.462 e. The Morgan fingerprint density at radius 2 is 0.738 bits per heavy atom. The van der Waals surface area contributed by atoms with Gasteiger partial charge in [0.1, 0.15) is 6.61 Å². The van der Waals surface area contributed by atoms with Crippen molar-refractivity contribution in [1.29, 1.82) is 0 Å². The lowest BCUT2D eigenvalue weighted by molar-refractivity contribution is -0.161. The van der Waals surface area contributed by atoms with Crippen LogP contribution in [0.15, 0.2) is 24.3 Å². The molecule has 2 atom stereocenters. The molecule has 0 radical (unpaired) electrons. The number of rotatable bonds is 49. The van der Waals surface area contributed by atoms with Gasteiger partial charge in [-0.1, -0.05) is 218 Å². The van der Waals surface area contributed by atoms with Crippen molar-refractivity contribution in [1.82, 2.24) is 0 Å². The van der Waals surface area contributed by atoms with Crippen molar-refractivity contribution < 1.29 is 37.6 Å². The molecule has 0 saturated carbocycles. The lowest BCUT2D eigenvalue weighted by Crippen LogP contribution is -2.29. The predicted octanol–water partition coefficient (Wildman–Crippen LogP) is 17.0. The molecule has 61 heavy (non-hydrogen) atoms. The highest BCUT2D eigenvalue weighted by atomic mass is 31.2. The molecule has 0 aromatic heterocycles. The van der Waals surface area contributed by atoms with Gasteiger partial charge in [0.25, 0.3) is 0 Å². The molecule has 0 saturated heterocycles. The third-order valence-corrected chi connectivity index (χ3v) is 12.6. The van der Waals surface area contributed by atoms with Crippen LogP contribution in [0.3, 0.4) is 0 Å². The fourth-order valence-electron chi connectivity index (χ4n) is 7.65. The average Bonchev–Trinajstić information content (AvgIpc) is 3.25. The Morgan fingerprint density at radius 3 is 1.07 bits per heavy atom. The van der Waals surface area contributed by atoms with Crippen molar-refractivity contribution in [3.8, 4) is 0 Å². The highest BCUT2D eigenvalue weighted by molar-refractivity contribution is 7.47. The summed E-state index contributed by atoms with van der Waals surface area (Å²) in [6.07, 6.45) is 56.7. The van der Waals surface area contributed by atoms with E-state index in [9.17, 15) is 19.0 Å². The quantitative estimate of drug-likeness (QED) is 0.0279. The maximum Gasteiger partial charge on any atom is 0.472 e. The predicted molar refractivity (Wildman–Crippen MR) is 258 cm³/mol. The molecule has 360 valence electrons. The van der Waals surface area contributed by atoms with E-state index in [0.29, 0.717) is 12.8 Å². The molecule has 0 aliphatic carbocycles. The zero-order valence-electron chi connectivity index (χ0n) is 40.3. The number of unbranched alkanes of at least 4 members (excludes halogenated alkanes) is 34. The Hall–Kier alpha value is -1.47. The van der Waals surface area contributed by atoms with Crippen LogP contribution < -0.4 is 0 Å². The number of carbonyl (C=O) groups excluding carboxylic acids is 2. The van der Waals surface area contributed by atoms with Crippen molar-refractivity contribution in [2.75, 3.05) is 20.3 Å². The molecule has 0 aliphatic rings. The number of phosphoric acid groups is 1. The topological polar surface area (TPSA) is 108 Å². The Labute approximate surface area is 377 Å². The molecule has 9 heteroatoms. The Balaban J connectivity index is 3.87. The van der Waals surface area contributed by atoms with Gasteiger partial charge in [-0.05, 0) is 64.2 Å². The normalized spacial score (nSPS) is 13.3. The summed E-state index contributed by atoms with van der Waals surface area (Å²) >= 11 is 0. The first-order valence-electron chi connectivity index (χ1n) is 26.0. The molecule has 0 amide bonds. The van der Waals surface area contributed by atoms with Crippen molar-refractivity contribution in [2.45, 2.75) is 277 Å². The van der Waals surface area contributed by atoms with Crippen molar-refractivity contribution in [3.05, 3.63) is 24.3 Å². The van der Waals surface area contributed by atoms with Crippen LogP contribution in [0.2, 0.25) is 0 Å². The molecule has 0 spiro atoms. The van der Waals surface area contributed by atoms with E-state index in [1.54, 1.807) is 0 Å². The van der Waals surface area contributed by atoms with E-state index in [0.717, 1.165) is 39.2 Å². The first-order chi connectivity index (χ1) is 29.8. The summed E-state index contributed by atoms with van der Waals surface area (Å²) in [6, 6.07) is 0. The maximum atomic E-state index is 12.6. The van der Waals surface area contributed by atoms with Crippen LogP contribution >= 0.6 is 7.82 Å². The van der Waals surface area contributed by atoms with Gasteiger partial charge in [0.15, 0.2) is 6.10 Å². The van der Waals surface area contributed by atoms with Gasteiger partial charge in [0.2, 0.25) is 0 Å². The molecule has 0 aliphatic heterocycles. The zero-order chi connectivity index (χ0) is 44.6. The van der Waals surface area contributed by atoms with E-state index in [4.69, 9.17) is 14.0 Å². The van der Waals surface area contributed by atoms with Gasteiger partial charge in [-0.25, -0.2) is 4.57 Å². The van der Waals surface area contributed by atoms with Gasteiger partial charge >= 0.3 is 19.8 Å². The number of phosphoric ester groups is 1. The van der Waals surface area contributed by atoms with E-state index < -0.39 is 26.5 Å². The monoisotopic (exact) mass is 883 g/mol. The highest BCUT2D eigenvalue weighted by Crippen LogP contribution is 2.42. The van der Waals surface area contributed by atoms with Crippen LogP contribution in [0.5, 0.6) is 0 Å². The summed E-state index contributed by atoms with van der Waals surface area (Å²) in [7, 11) is -3.20. The number of hydrogen-bond acceptors (Lipinski definition) is 7. The summed E-state index contributed by atoms with van der Waals surface area (Å²) in [5, 5.41) is 0. The molecule has 0 fully saturated rings. The third kappa shape index (κ3) is 47.8. The van der Waals surface area contributed by atoms with E-state index in [1.165, 1.54) is 205 Å². The van der Waals surface area contributed by atoms with E-state index >= 15 is 0 Å². The van der Waals surface area contributed by atoms with E-state index in [-0.39, 0.29) is 19.0 Å². The average molecular weight is 883 g/mol. The highest BCUT2D eigenvalue weighted by Gasteiger charge is 2.24. The second-order valence-electron chi connectivity index (χ2n) is 17.7. The van der Waals surface area contributed by atoms with Gasteiger partial charge in [0, 0.05) is 20.0 Å². The number of hydrogen-bond donors (Lipinski definition) is 1. The van der Waals surface area contributed by atoms with Gasteiger partial charge in [-0.15, -0.1) is 0 Å². The Morgan fingerprint density at radius 1 is 0.443 bits per heavy atom. The van der Waals surface area contributed by atoms with Crippen LogP contribution in [0, 0.1) is 0 Å². The first-order valence-corrected chi connectivity index (χ1v) is 27.5. The molecule has 2 unspecified atom stereocenters. The largest absolute Gasteiger partial charge is 0.472 e. The van der Waals surface area contributed by atoms with Crippen molar-refractivity contribution in [3.63, 3.8) is 0 Å². The molecular weight excluding hydrogens is 784 g/mol. The van der Waals surface area contributed by atoms with Crippen LogP contribution in [0.4, 0.5) is 0 Å². The summed E-state index contributed by atoms with van der Waals surface area (Å²) in [5.74, 6) is -0.794. The molecule has 0 aromatic rings. The molecule has 0 bridgehead atoms. The van der Waals surface area contributed by atoms with Crippen molar-refractivity contribution in [2.24, 2.45) is 0 Å². The minimum atomic E-state index is -4.27. The summed E-state index contributed by atoms with van der Waals surface area (Å²) in [6.45, 7) is 3.93. The molecule has 0 aromatic carbocycles. The summed E-state index contributed by atoms with van der Waals surface area (Å²) in [5.41, 5.74) is 0. The number of esters is 2. The fraction of sp³-hybridized carbons (Fsp3) is 0.885. The SMILES string of the molecule is CCCCCCCC/C=C\CCCCCCCCCCCC(=O)OCC(COP(=O)(O)OC)OC(=O)CCCCCCCCCCCCC/C=C\CCCCCCCCCC. The molecule has 0 heterocycles. The van der Waals surface area contributed by atoms with Crippen LogP contribution in [-0.4, -0.2) is 43.3 Å². The smallest absolute Gasteiger partial charge is 0.462 e. The van der Waals surface area contributed by atoms with E-state index in [1.807, 2.05) is 0 Å². The molecule has 0 rings (SSSR count). The second kappa shape index (κ2) is 48.0. The van der Waals surface area contributed by atoms with Gasteiger partial charge in [-0.3, -0.25) is 18.6 Å². The van der Waals surface area contributed by atoms with Gasteiger partial charge in [0.05, 0.1) is 6.61 Å². The first kappa shape index (κ1) is 59.5.